The van der Waals surface area contributed by atoms with Gasteiger partial charge in [-0.05, 0) is 25.0 Å². The highest BCUT2D eigenvalue weighted by molar-refractivity contribution is 9.10. The molecule has 0 N–H and O–H groups in total. The van der Waals surface area contributed by atoms with E-state index < -0.39 is 16.8 Å². The zero-order valence-corrected chi connectivity index (χ0v) is 12.6. The maximum absolute atomic E-state index is 12.0. The average Bonchev–Trinajstić information content (AvgIpc) is 2.28. The molecule has 1 aromatic carbocycles. The lowest BCUT2D eigenvalue weighted by atomic mass is 9.87. The number of hydrogen-bond acceptors (Lipinski definition) is 4. The van der Waals surface area contributed by atoms with Crippen molar-refractivity contribution in [3.05, 3.63) is 38.3 Å². The Labute approximate surface area is 120 Å². The van der Waals surface area contributed by atoms with E-state index >= 15 is 0 Å². The molecule has 1 aromatic rings. The molecule has 5 nitrogen and oxygen atoms in total. The summed E-state index contributed by atoms with van der Waals surface area (Å²) in [6, 6.07) is 4.60. The Bertz CT molecular complexity index is 488. The van der Waals surface area contributed by atoms with Gasteiger partial charge >= 0.3 is 5.97 Å². The molecular formula is C13H16BrNO4. The number of carbonyl (C=O) groups excluding carboxylic acids is 1. The third kappa shape index (κ3) is 3.76. The number of rotatable bonds is 5. The molecule has 0 fully saturated rings. The van der Waals surface area contributed by atoms with Crippen LogP contribution in [-0.2, 0) is 9.53 Å². The lowest BCUT2D eigenvalue weighted by Crippen LogP contribution is -2.22. The van der Waals surface area contributed by atoms with Gasteiger partial charge in [-0.25, -0.2) is 0 Å². The molecule has 6 heteroatoms. The summed E-state index contributed by atoms with van der Waals surface area (Å²) in [5.74, 6) is -1.16. The van der Waals surface area contributed by atoms with Crippen molar-refractivity contribution in [3.8, 4) is 0 Å². The van der Waals surface area contributed by atoms with Crippen molar-refractivity contribution in [3.63, 3.8) is 0 Å². The SMILES string of the molecule is CCOC(=O)C(c1cc(Br)ccc1[N+](=O)[O-])C(C)C. The molecule has 1 rings (SSSR count). The molecule has 0 aliphatic carbocycles. The first-order chi connectivity index (χ1) is 8.88. The number of halogens is 1. The fourth-order valence-electron chi connectivity index (χ4n) is 1.93. The summed E-state index contributed by atoms with van der Waals surface area (Å²) in [5.41, 5.74) is 0.322. The molecule has 0 saturated carbocycles. The fraction of sp³-hybridized carbons (Fsp3) is 0.462. The van der Waals surface area contributed by atoms with Crippen molar-refractivity contribution in [2.75, 3.05) is 6.61 Å². The zero-order chi connectivity index (χ0) is 14.6. The maximum Gasteiger partial charge on any atom is 0.313 e. The highest BCUT2D eigenvalue weighted by atomic mass is 79.9. The van der Waals surface area contributed by atoms with Crippen LogP contribution in [0.4, 0.5) is 5.69 Å². The largest absolute Gasteiger partial charge is 0.466 e. The van der Waals surface area contributed by atoms with Gasteiger partial charge in [-0.2, -0.15) is 0 Å². The van der Waals surface area contributed by atoms with E-state index in [1.165, 1.54) is 6.07 Å². The summed E-state index contributed by atoms with van der Waals surface area (Å²) in [7, 11) is 0. The Morgan fingerprint density at radius 1 is 1.47 bits per heavy atom. The number of nitro groups is 1. The summed E-state index contributed by atoms with van der Waals surface area (Å²) in [5, 5.41) is 11.1. The van der Waals surface area contributed by atoms with E-state index in [4.69, 9.17) is 4.74 Å². The molecule has 0 aromatic heterocycles. The van der Waals surface area contributed by atoms with E-state index in [0.29, 0.717) is 10.0 Å². The van der Waals surface area contributed by atoms with Gasteiger partial charge in [0, 0.05) is 16.1 Å². The van der Waals surface area contributed by atoms with Crippen LogP contribution in [-0.4, -0.2) is 17.5 Å². The van der Waals surface area contributed by atoms with Crippen molar-refractivity contribution in [1.29, 1.82) is 0 Å². The standard InChI is InChI=1S/C13H16BrNO4/c1-4-19-13(16)12(8(2)3)10-7-9(14)5-6-11(10)15(17)18/h5-8,12H,4H2,1-3H3. The summed E-state index contributed by atoms with van der Waals surface area (Å²) >= 11 is 3.28. The van der Waals surface area contributed by atoms with E-state index in [1.54, 1.807) is 19.1 Å². The monoisotopic (exact) mass is 329 g/mol. The van der Waals surface area contributed by atoms with Crippen LogP contribution in [0.1, 0.15) is 32.3 Å². The second-order valence-electron chi connectivity index (χ2n) is 4.43. The van der Waals surface area contributed by atoms with Gasteiger partial charge in [0.05, 0.1) is 17.4 Å². The second-order valence-corrected chi connectivity index (χ2v) is 5.35. The minimum Gasteiger partial charge on any atom is -0.466 e. The Morgan fingerprint density at radius 2 is 2.11 bits per heavy atom. The first kappa shape index (κ1) is 15.6. The smallest absolute Gasteiger partial charge is 0.313 e. The van der Waals surface area contributed by atoms with Crippen LogP contribution in [0.15, 0.2) is 22.7 Å². The Hall–Kier alpha value is -1.43. The van der Waals surface area contributed by atoms with Crippen molar-refractivity contribution >= 4 is 27.6 Å². The lowest BCUT2D eigenvalue weighted by Gasteiger charge is -2.19. The molecule has 1 atom stereocenters. The number of benzene rings is 1. The average molecular weight is 330 g/mol. The first-order valence-electron chi connectivity index (χ1n) is 5.99. The van der Waals surface area contributed by atoms with Gasteiger partial charge in [-0.3, -0.25) is 14.9 Å². The number of ether oxygens (including phenoxy) is 1. The van der Waals surface area contributed by atoms with Crippen molar-refractivity contribution in [1.82, 2.24) is 0 Å². The highest BCUT2D eigenvalue weighted by Gasteiger charge is 2.31. The maximum atomic E-state index is 12.0. The van der Waals surface area contributed by atoms with Crippen LogP contribution in [0.5, 0.6) is 0 Å². The van der Waals surface area contributed by atoms with E-state index in [0.717, 1.165) is 0 Å². The van der Waals surface area contributed by atoms with Crippen LogP contribution < -0.4 is 0 Å². The van der Waals surface area contributed by atoms with E-state index in [-0.39, 0.29) is 18.2 Å². The topological polar surface area (TPSA) is 69.4 Å². The number of hydrogen-bond donors (Lipinski definition) is 0. The Morgan fingerprint density at radius 3 is 2.58 bits per heavy atom. The molecule has 0 aliphatic rings. The van der Waals surface area contributed by atoms with Crippen molar-refractivity contribution in [2.24, 2.45) is 5.92 Å². The van der Waals surface area contributed by atoms with Crippen LogP contribution in [0.2, 0.25) is 0 Å². The molecule has 104 valence electrons. The summed E-state index contributed by atoms with van der Waals surface area (Å²) in [4.78, 5) is 22.6. The molecule has 1 unspecified atom stereocenters. The molecule has 0 saturated heterocycles. The lowest BCUT2D eigenvalue weighted by molar-refractivity contribution is -0.385. The molecule has 0 spiro atoms. The third-order valence-corrected chi connectivity index (χ3v) is 3.22. The van der Waals surface area contributed by atoms with E-state index in [2.05, 4.69) is 15.9 Å². The predicted octanol–water partition coefficient (Wildman–Crippen LogP) is 3.66. The third-order valence-electron chi connectivity index (χ3n) is 2.73. The Balaban J connectivity index is 3.32. The normalized spacial score (nSPS) is 12.3. The van der Waals surface area contributed by atoms with E-state index in [1.807, 2.05) is 13.8 Å². The van der Waals surface area contributed by atoms with Gasteiger partial charge < -0.3 is 4.74 Å². The first-order valence-corrected chi connectivity index (χ1v) is 6.78. The van der Waals surface area contributed by atoms with Crippen LogP contribution in [0.3, 0.4) is 0 Å². The van der Waals surface area contributed by atoms with Crippen molar-refractivity contribution < 1.29 is 14.5 Å². The van der Waals surface area contributed by atoms with Gasteiger partial charge in [0.2, 0.25) is 0 Å². The number of nitro benzene ring substituents is 1. The number of nitrogens with zero attached hydrogens (tertiary/aromatic N) is 1. The van der Waals surface area contributed by atoms with Crippen molar-refractivity contribution in [2.45, 2.75) is 26.7 Å². The van der Waals surface area contributed by atoms with Gasteiger partial charge in [-0.1, -0.05) is 29.8 Å². The summed E-state index contributed by atoms with van der Waals surface area (Å²) in [6.45, 7) is 5.65. The zero-order valence-electron chi connectivity index (χ0n) is 11.1. The van der Waals surface area contributed by atoms with E-state index in [9.17, 15) is 14.9 Å². The number of esters is 1. The van der Waals surface area contributed by atoms with Gasteiger partial charge in [0.25, 0.3) is 5.69 Å². The minimum absolute atomic E-state index is 0.0602. The molecule has 0 heterocycles. The molecular weight excluding hydrogens is 314 g/mol. The fourth-order valence-corrected chi connectivity index (χ4v) is 2.31. The van der Waals surface area contributed by atoms with Gasteiger partial charge in [0.15, 0.2) is 0 Å². The molecule has 0 aliphatic heterocycles. The second kappa shape index (κ2) is 6.65. The quantitative estimate of drug-likeness (QED) is 0.469. The molecule has 0 amide bonds. The summed E-state index contributed by atoms with van der Waals surface area (Å²) < 4.78 is 5.71. The van der Waals surface area contributed by atoms with Crippen LogP contribution in [0.25, 0.3) is 0 Å². The van der Waals surface area contributed by atoms with Crippen LogP contribution in [0, 0.1) is 16.0 Å². The predicted molar refractivity (Wildman–Crippen MR) is 75.0 cm³/mol. The molecule has 0 radical (unpaired) electrons. The van der Waals surface area contributed by atoms with Gasteiger partial charge in [-0.15, -0.1) is 0 Å². The summed E-state index contributed by atoms with van der Waals surface area (Å²) in [6.07, 6.45) is 0. The van der Waals surface area contributed by atoms with Gasteiger partial charge in [0.1, 0.15) is 0 Å². The van der Waals surface area contributed by atoms with Crippen LogP contribution >= 0.6 is 15.9 Å². The molecule has 19 heavy (non-hydrogen) atoms. The number of carbonyl (C=O) groups is 1. The highest BCUT2D eigenvalue weighted by Crippen LogP contribution is 2.34. The molecule has 0 bridgehead atoms. The minimum atomic E-state index is -0.641. The Kier molecular flexibility index (Phi) is 5.47.